The summed E-state index contributed by atoms with van der Waals surface area (Å²) in [6.07, 6.45) is 3.03. The Labute approximate surface area is 151 Å². The van der Waals surface area contributed by atoms with Crippen molar-refractivity contribution in [1.29, 1.82) is 0 Å². The number of sulfonamides is 1. The molecule has 134 valence electrons. The summed E-state index contributed by atoms with van der Waals surface area (Å²) in [5.41, 5.74) is 4.03. The third-order valence-corrected chi connectivity index (χ3v) is 7.28. The average Bonchev–Trinajstić information content (AvgIpc) is 2.81. The van der Waals surface area contributed by atoms with Crippen LogP contribution < -0.4 is 0 Å². The number of hydrogen-bond donors (Lipinski definition) is 0. The Morgan fingerprint density at radius 1 is 0.960 bits per heavy atom. The highest BCUT2D eigenvalue weighted by molar-refractivity contribution is 7.89. The second-order valence-electron chi connectivity index (χ2n) is 7.19. The average molecular weight is 358 g/mol. The molecule has 1 unspecified atom stereocenters. The highest BCUT2D eigenvalue weighted by Gasteiger charge is 2.31. The molecule has 0 saturated carbocycles. The van der Waals surface area contributed by atoms with Gasteiger partial charge in [-0.1, -0.05) is 54.4 Å². The van der Waals surface area contributed by atoms with Gasteiger partial charge in [-0.2, -0.15) is 4.31 Å². The van der Waals surface area contributed by atoms with E-state index < -0.39 is 10.0 Å². The Morgan fingerprint density at radius 3 is 2.24 bits per heavy atom. The van der Waals surface area contributed by atoms with Gasteiger partial charge in [0.1, 0.15) is 0 Å². The van der Waals surface area contributed by atoms with Crippen LogP contribution >= 0.6 is 0 Å². The molecular weight excluding hydrogens is 330 g/mol. The fourth-order valence-electron chi connectivity index (χ4n) is 4.03. The summed E-state index contributed by atoms with van der Waals surface area (Å²) in [4.78, 5) is 0.492. The maximum Gasteiger partial charge on any atom is 0.243 e. The van der Waals surface area contributed by atoms with E-state index in [1.807, 2.05) is 51.1 Å². The smallest absolute Gasteiger partial charge is 0.207 e. The van der Waals surface area contributed by atoms with Crippen LogP contribution in [0.5, 0.6) is 0 Å². The van der Waals surface area contributed by atoms with Crippen LogP contribution in [0.4, 0.5) is 0 Å². The minimum atomic E-state index is -3.47. The van der Waals surface area contributed by atoms with Crippen LogP contribution in [0.1, 0.15) is 47.4 Å². The van der Waals surface area contributed by atoms with Gasteiger partial charge < -0.3 is 0 Å². The number of benzene rings is 2. The lowest BCUT2D eigenvalue weighted by molar-refractivity contribution is 0.405. The van der Waals surface area contributed by atoms with E-state index in [2.05, 4.69) is 12.1 Å². The maximum atomic E-state index is 13.4. The molecule has 1 aliphatic rings. The Kier molecular flexibility index (Phi) is 5.30. The summed E-state index contributed by atoms with van der Waals surface area (Å²) in [7, 11) is -3.47. The van der Waals surface area contributed by atoms with Crippen molar-refractivity contribution < 1.29 is 8.42 Å². The molecule has 3 rings (SSSR count). The lowest BCUT2D eigenvalue weighted by Gasteiger charge is -2.26. The van der Waals surface area contributed by atoms with Crippen LogP contribution in [0.25, 0.3) is 0 Å². The Balaban J connectivity index is 1.96. The van der Waals surface area contributed by atoms with E-state index in [-0.39, 0.29) is 5.92 Å². The SMILES string of the molecule is Cc1cc(C)c(S(=O)(=O)N2CCCCC(c3ccccc3)C2)c(C)c1. The normalized spacial score (nSPS) is 19.6. The molecule has 3 nitrogen and oxygen atoms in total. The molecule has 0 amide bonds. The zero-order valence-electron chi connectivity index (χ0n) is 15.3. The molecule has 0 bridgehead atoms. The number of rotatable bonds is 3. The summed E-state index contributed by atoms with van der Waals surface area (Å²) in [6, 6.07) is 14.2. The van der Waals surface area contributed by atoms with E-state index in [9.17, 15) is 8.42 Å². The summed E-state index contributed by atoms with van der Waals surface area (Å²) >= 11 is 0. The Bertz CT molecular complexity index is 820. The molecule has 0 N–H and O–H groups in total. The number of nitrogens with zero attached hydrogens (tertiary/aromatic N) is 1. The van der Waals surface area contributed by atoms with Crippen LogP contribution in [-0.4, -0.2) is 25.8 Å². The van der Waals surface area contributed by atoms with Crippen molar-refractivity contribution in [3.63, 3.8) is 0 Å². The van der Waals surface area contributed by atoms with E-state index in [1.54, 1.807) is 4.31 Å². The number of hydrogen-bond acceptors (Lipinski definition) is 2. The molecule has 2 aromatic rings. The highest BCUT2D eigenvalue weighted by atomic mass is 32.2. The Hall–Kier alpha value is -1.65. The summed E-state index contributed by atoms with van der Waals surface area (Å²) in [5.74, 6) is 0.268. The second kappa shape index (κ2) is 7.30. The zero-order chi connectivity index (χ0) is 18.0. The molecule has 1 atom stereocenters. The van der Waals surface area contributed by atoms with Crippen molar-refractivity contribution in [2.75, 3.05) is 13.1 Å². The molecule has 1 fully saturated rings. The van der Waals surface area contributed by atoms with Crippen molar-refractivity contribution in [1.82, 2.24) is 4.31 Å². The lowest BCUT2D eigenvalue weighted by Crippen LogP contribution is -2.35. The fraction of sp³-hybridized carbons (Fsp3) is 0.429. The molecule has 0 radical (unpaired) electrons. The fourth-order valence-corrected chi connectivity index (χ4v) is 5.96. The van der Waals surface area contributed by atoms with Crippen LogP contribution in [0.2, 0.25) is 0 Å². The molecule has 1 saturated heterocycles. The van der Waals surface area contributed by atoms with E-state index in [4.69, 9.17) is 0 Å². The van der Waals surface area contributed by atoms with E-state index in [1.165, 1.54) is 5.56 Å². The topological polar surface area (TPSA) is 37.4 Å². The van der Waals surface area contributed by atoms with Gasteiger partial charge in [-0.15, -0.1) is 0 Å². The molecule has 0 aliphatic carbocycles. The molecule has 0 spiro atoms. The van der Waals surface area contributed by atoms with Gasteiger partial charge >= 0.3 is 0 Å². The first-order valence-corrected chi connectivity index (χ1v) is 10.5. The van der Waals surface area contributed by atoms with Gasteiger partial charge in [-0.25, -0.2) is 8.42 Å². The molecule has 2 aromatic carbocycles. The quantitative estimate of drug-likeness (QED) is 0.807. The van der Waals surface area contributed by atoms with Crippen molar-refractivity contribution in [3.05, 3.63) is 64.7 Å². The van der Waals surface area contributed by atoms with Crippen molar-refractivity contribution in [2.24, 2.45) is 0 Å². The van der Waals surface area contributed by atoms with Crippen molar-refractivity contribution >= 4 is 10.0 Å². The largest absolute Gasteiger partial charge is 0.243 e. The van der Waals surface area contributed by atoms with Gasteiger partial charge in [-0.3, -0.25) is 0 Å². The standard InChI is InChI=1S/C21H27NO2S/c1-16-13-17(2)21(18(3)14-16)25(23,24)22-12-8-7-11-20(15-22)19-9-5-4-6-10-19/h4-6,9-10,13-14,20H,7-8,11-12,15H2,1-3H3. The molecule has 1 heterocycles. The van der Waals surface area contributed by atoms with E-state index in [0.29, 0.717) is 18.0 Å². The summed E-state index contributed by atoms with van der Waals surface area (Å²) < 4.78 is 28.5. The van der Waals surface area contributed by atoms with Gasteiger partial charge in [-0.05, 0) is 56.2 Å². The van der Waals surface area contributed by atoms with Gasteiger partial charge in [0.2, 0.25) is 10.0 Å². The highest BCUT2D eigenvalue weighted by Crippen LogP contribution is 2.31. The zero-order valence-corrected chi connectivity index (χ0v) is 16.1. The monoisotopic (exact) mass is 357 g/mol. The van der Waals surface area contributed by atoms with Gasteiger partial charge in [0.05, 0.1) is 4.90 Å². The minimum absolute atomic E-state index is 0.268. The Morgan fingerprint density at radius 2 is 1.60 bits per heavy atom. The molecular formula is C21H27NO2S. The van der Waals surface area contributed by atoms with Crippen LogP contribution in [0.3, 0.4) is 0 Å². The van der Waals surface area contributed by atoms with Crippen molar-refractivity contribution in [2.45, 2.75) is 50.8 Å². The first kappa shape index (κ1) is 18.2. The van der Waals surface area contributed by atoms with Crippen LogP contribution in [-0.2, 0) is 10.0 Å². The van der Waals surface area contributed by atoms with Gasteiger partial charge in [0.15, 0.2) is 0 Å². The first-order chi connectivity index (χ1) is 11.9. The third-order valence-electron chi connectivity index (χ3n) is 5.11. The summed E-state index contributed by atoms with van der Waals surface area (Å²) in [5, 5.41) is 0. The second-order valence-corrected chi connectivity index (χ2v) is 9.07. The predicted molar refractivity (Wildman–Crippen MR) is 102 cm³/mol. The van der Waals surface area contributed by atoms with Gasteiger partial charge in [0, 0.05) is 13.1 Å². The number of aryl methyl sites for hydroxylation is 3. The molecule has 4 heteroatoms. The predicted octanol–water partition coefficient (Wildman–Crippen LogP) is 4.57. The van der Waals surface area contributed by atoms with Crippen LogP contribution in [0, 0.1) is 20.8 Å². The third kappa shape index (κ3) is 3.80. The summed E-state index contributed by atoms with van der Waals surface area (Å²) in [6.45, 7) is 6.99. The molecule has 0 aromatic heterocycles. The first-order valence-electron chi connectivity index (χ1n) is 9.02. The van der Waals surface area contributed by atoms with E-state index in [0.717, 1.165) is 36.0 Å². The van der Waals surface area contributed by atoms with Crippen LogP contribution in [0.15, 0.2) is 47.4 Å². The molecule has 1 aliphatic heterocycles. The maximum absolute atomic E-state index is 13.4. The minimum Gasteiger partial charge on any atom is -0.207 e. The van der Waals surface area contributed by atoms with Gasteiger partial charge in [0.25, 0.3) is 0 Å². The molecule has 25 heavy (non-hydrogen) atoms. The lowest BCUT2D eigenvalue weighted by atomic mass is 9.95. The van der Waals surface area contributed by atoms with Crippen molar-refractivity contribution in [3.8, 4) is 0 Å². The van der Waals surface area contributed by atoms with E-state index >= 15 is 0 Å².